The molecule has 0 aliphatic carbocycles. The molecule has 0 saturated carbocycles. The van der Waals surface area contributed by atoms with Crippen molar-refractivity contribution in [3.8, 4) is 0 Å². The van der Waals surface area contributed by atoms with Crippen molar-refractivity contribution >= 4 is 51.5 Å². The number of imide groups is 1. The molecule has 1 saturated heterocycles. The quantitative estimate of drug-likeness (QED) is 0.398. The molecule has 0 spiro atoms. The molecule has 1 aliphatic rings. The van der Waals surface area contributed by atoms with Gasteiger partial charge in [0.25, 0.3) is 11.1 Å². The van der Waals surface area contributed by atoms with Crippen LogP contribution in [0.25, 0.3) is 17.0 Å². The normalized spacial score (nSPS) is 15.6. The maximum atomic E-state index is 14.5. The van der Waals surface area contributed by atoms with E-state index in [0.29, 0.717) is 28.5 Å². The molecule has 3 aromatic rings. The lowest BCUT2D eigenvalue weighted by molar-refractivity contribution is -0.122. The summed E-state index contributed by atoms with van der Waals surface area (Å²) in [6, 6.07) is 10.7. The third kappa shape index (κ3) is 4.02. The Kier molecular flexibility index (Phi) is 6.21. The van der Waals surface area contributed by atoms with Gasteiger partial charge >= 0.3 is 0 Å². The van der Waals surface area contributed by atoms with Crippen LogP contribution < -0.4 is 0 Å². The van der Waals surface area contributed by atoms with Crippen LogP contribution in [0.3, 0.4) is 0 Å². The molecular formula is C24H22ClFN2O2S. The van der Waals surface area contributed by atoms with Gasteiger partial charge in [0.2, 0.25) is 0 Å². The number of nitrogens with zero attached hydrogens (tertiary/aromatic N) is 2. The topological polar surface area (TPSA) is 42.3 Å². The fraction of sp³-hybridized carbons (Fsp3) is 0.250. The molecule has 0 atom stereocenters. The van der Waals surface area contributed by atoms with Crippen molar-refractivity contribution in [2.24, 2.45) is 0 Å². The largest absolute Gasteiger partial charge is 0.342 e. The van der Waals surface area contributed by atoms with Crippen molar-refractivity contribution in [3.05, 3.63) is 75.0 Å². The van der Waals surface area contributed by atoms with Gasteiger partial charge in [0.15, 0.2) is 0 Å². The van der Waals surface area contributed by atoms with Gasteiger partial charge in [-0.05, 0) is 48.4 Å². The first-order valence-corrected chi connectivity index (χ1v) is 11.4. The molecule has 0 unspecified atom stereocenters. The SMILES string of the molecule is CCCN1C(=O)S/C(=C\c2cn(Cc3c(F)cccc3Cl)c3c(CC)cccc23)C1=O. The number of amides is 2. The zero-order valence-corrected chi connectivity index (χ0v) is 18.9. The molecule has 4 nitrogen and oxygen atoms in total. The highest BCUT2D eigenvalue weighted by Crippen LogP contribution is 2.35. The smallest absolute Gasteiger partial charge is 0.293 e. The predicted octanol–water partition coefficient (Wildman–Crippen LogP) is 6.49. The van der Waals surface area contributed by atoms with Crippen LogP contribution in [0.15, 0.2) is 47.5 Å². The summed E-state index contributed by atoms with van der Waals surface area (Å²) >= 11 is 7.23. The van der Waals surface area contributed by atoms with Gasteiger partial charge in [-0.3, -0.25) is 14.5 Å². The molecule has 1 aromatic heterocycles. The Morgan fingerprint density at radius 3 is 2.61 bits per heavy atom. The lowest BCUT2D eigenvalue weighted by Gasteiger charge is -2.11. The Balaban J connectivity index is 1.83. The minimum absolute atomic E-state index is 0.241. The van der Waals surface area contributed by atoms with Crippen LogP contribution in [0.2, 0.25) is 5.02 Å². The number of para-hydroxylation sites is 1. The van der Waals surface area contributed by atoms with Gasteiger partial charge in [-0.25, -0.2) is 4.39 Å². The van der Waals surface area contributed by atoms with E-state index in [1.54, 1.807) is 18.2 Å². The summed E-state index contributed by atoms with van der Waals surface area (Å²) in [5.74, 6) is -0.618. The van der Waals surface area contributed by atoms with E-state index < -0.39 is 0 Å². The maximum Gasteiger partial charge on any atom is 0.293 e. The van der Waals surface area contributed by atoms with E-state index in [-0.39, 0.29) is 23.5 Å². The van der Waals surface area contributed by atoms with Gasteiger partial charge in [-0.1, -0.05) is 49.7 Å². The second-order valence-electron chi connectivity index (χ2n) is 7.41. The van der Waals surface area contributed by atoms with E-state index >= 15 is 0 Å². The molecular weight excluding hydrogens is 435 g/mol. The summed E-state index contributed by atoms with van der Waals surface area (Å²) in [4.78, 5) is 26.6. The molecule has 7 heteroatoms. The molecule has 2 aromatic carbocycles. The molecule has 0 bridgehead atoms. The molecule has 0 N–H and O–H groups in total. The molecule has 1 fully saturated rings. The van der Waals surface area contributed by atoms with Crippen molar-refractivity contribution < 1.29 is 14.0 Å². The zero-order chi connectivity index (χ0) is 22.1. The molecule has 31 heavy (non-hydrogen) atoms. The van der Waals surface area contributed by atoms with Crippen molar-refractivity contribution in [2.75, 3.05) is 6.54 Å². The van der Waals surface area contributed by atoms with Crippen molar-refractivity contribution in [2.45, 2.75) is 33.2 Å². The summed E-state index contributed by atoms with van der Waals surface area (Å²) in [5, 5.41) is 1.08. The van der Waals surface area contributed by atoms with Gasteiger partial charge in [0.05, 0.1) is 17.0 Å². The molecule has 0 radical (unpaired) electrons. The second-order valence-corrected chi connectivity index (χ2v) is 8.81. The highest BCUT2D eigenvalue weighted by Gasteiger charge is 2.34. The van der Waals surface area contributed by atoms with E-state index in [0.717, 1.165) is 40.2 Å². The van der Waals surface area contributed by atoms with Gasteiger partial charge in [0, 0.05) is 34.3 Å². The van der Waals surface area contributed by atoms with Gasteiger partial charge in [-0.2, -0.15) is 0 Å². The zero-order valence-electron chi connectivity index (χ0n) is 17.3. The monoisotopic (exact) mass is 456 g/mol. The van der Waals surface area contributed by atoms with E-state index in [4.69, 9.17) is 11.6 Å². The average molecular weight is 457 g/mol. The van der Waals surface area contributed by atoms with Crippen LogP contribution in [0.4, 0.5) is 9.18 Å². The number of carbonyl (C=O) groups is 2. The average Bonchev–Trinajstić information content (AvgIpc) is 3.23. The Morgan fingerprint density at radius 1 is 1.13 bits per heavy atom. The van der Waals surface area contributed by atoms with Crippen molar-refractivity contribution in [1.82, 2.24) is 9.47 Å². The van der Waals surface area contributed by atoms with Gasteiger partial charge in [-0.15, -0.1) is 0 Å². The Bertz CT molecular complexity index is 1200. The summed E-state index contributed by atoms with van der Waals surface area (Å²) in [6.07, 6.45) is 5.19. The number of hydrogen-bond acceptors (Lipinski definition) is 3. The predicted molar refractivity (Wildman–Crippen MR) is 125 cm³/mol. The van der Waals surface area contributed by atoms with E-state index in [1.165, 1.54) is 11.0 Å². The minimum atomic E-state index is -0.356. The first-order valence-electron chi connectivity index (χ1n) is 10.2. The summed E-state index contributed by atoms with van der Waals surface area (Å²) in [6.45, 7) is 4.68. The summed E-state index contributed by atoms with van der Waals surface area (Å²) < 4.78 is 16.4. The Labute approximate surface area is 189 Å². The maximum absolute atomic E-state index is 14.5. The number of rotatable bonds is 6. The molecule has 4 rings (SSSR count). The van der Waals surface area contributed by atoms with Crippen LogP contribution in [0.5, 0.6) is 0 Å². The molecule has 1 aliphatic heterocycles. The number of fused-ring (bicyclic) bond motifs is 1. The first kappa shape index (κ1) is 21.7. The molecule has 2 amide bonds. The van der Waals surface area contributed by atoms with Crippen molar-refractivity contribution in [3.63, 3.8) is 0 Å². The Morgan fingerprint density at radius 2 is 1.90 bits per heavy atom. The fourth-order valence-electron chi connectivity index (χ4n) is 3.90. The van der Waals surface area contributed by atoms with Crippen LogP contribution >= 0.6 is 23.4 Å². The number of hydrogen-bond donors (Lipinski definition) is 0. The fourth-order valence-corrected chi connectivity index (χ4v) is 4.98. The van der Waals surface area contributed by atoms with Crippen LogP contribution in [-0.4, -0.2) is 27.2 Å². The number of carbonyl (C=O) groups excluding carboxylic acids is 2. The number of aryl methyl sites for hydroxylation is 1. The number of halogens is 2. The first-order chi connectivity index (χ1) is 14.9. The van der Waals surface area contributed by atoms with Crippen LogP contribution in [0.1, 0.15) is 37.0 Å². The van der Waals surface area contributed by atoms with Gasteiger partial charge < -0.3 is 4.57 Å². The second kappa shape index (κ2) is 8.89. The van der Waals surface area contributed by atoms with E-state index in [9.17, 15) is 14.0 Å². The number of aromatic nitrogens is 1. The highest BCUT2D eigenvalue weighted by atomic mass is 35.5. The van der Waals surface area contributed by atoms with Crippen LogP contribution in [0, 0.1) is 5.82 Å². The number of thioether (sulfide) groups is 1. The Hall–Kier alpha value is -2.57. The molecule has 2 heterocycles. The lowest BCUT2D eigenvalue weighted by Crippen LogP contribution is -2.28. The minimum Gasteiger partial charge on any atom is -0.342 e. The molecule has 160 valence electrons. The highest BCUT2D eigenvalue weighted by molar-refractivity contribution is 8.18. The van der Waals surface area contributed by atoms with E-state index in [2.05, 4.69) is 6.92 Å². The van der Waals surface area contributed by atoms with Crippen molar-refractivity contribution in [1.29, 1.82) is 0 Å². The third-order valence-electron chi connectivity index (χ3n) is 5.39. The standard InChI is InChI=1S/C24H22ClFN2O2S/c1-3-11-28-23(29)21(31-24(28)30)12-16-13-27(14-18-19(25)9-6-10-20(18)26)22-15(4-2)7-5-8-17(16)22/h5-10,12-13H,3-4,11,14H2,1-2H3/b21-12-. The number of benzene rings is 2. The van der Waals surface area contributed by atoms with Crippen LogP contribution in [-0.2, 0) is 17.8 Å². The van der Waals surface area contributed by atoms with Gasteiger partial charge in [0.1, 0.15) is 5.82 Å². The third-order valence-corrected chi connectivity index (χ3v) is 6.65. The summed E-state index contributed by atoms with van der Waals surface area (Å²) in [5.41, 5.74) is 3.33. The lowest BCUT2D eigenvalue weighted by atomic mass is 10.1. The summed E-state index contributed by atoms with van der Waals surface area (Å²) in [7, 11) is 0. The van der Waals surface area contributed by atoms with E-state index in [1.807, 2.05) is 35.9 Å².